The van der Waals surface area contributed by atoms with Gasteiger partial charge in [-0.2, -0.15) is 13.2 Å². The van der Waals surface area contributed by atoms with Crippen LogP contribution in [0.4, 0.5) is 13.2 Å². The first-order valence-corrected chi connectivity index (χ1v) is 6.00. The predicted octanol–water partition coefficient (Wildman–Crippen LogP) is 4.52. The van der Waals surface area contributed by atoms with Crippen LogP contribution < -0.4 is 0 Å². The van der Waals surface area contributed by atoms with Gasteiger partial charge in [0, 0.05) is 12.4 Å². The Labute approximate surface area is 105 Å². The van der Waals surface area contributed by atoms with Crippen LogP contribution in [-0.4, -0.2) is 4.57 Å². The molecule has 0 aliphatic heterocycles. The van der Waals surface area contributed by atoms with Crippen molar-refractivity contribution in [3.05, 3.63) is 33.9 Å². The summed E-state index contributed by atoms with van der Waals surface area (Å²) in [5.74, 6) is 0. The van der Waals surface area contributed by atoms with Crippen LogP contribution in [0.1, 0.15) is 18.2 Å². The second-order valence-corrected chi connectivity index (χ2v) is 4.68. The Morgan fingerprint density at radius 1 is 1.29 bits per heavy atom. The summed E-state index contributed by atoms with van der Waals surface area (Å²) in [6.07, 6.45) is -3.64. The second-order valence-electron chi connectivity index (χ2n) is 3.89. The Hall–Kier alpha value is -0.970. The minimum Gasteiger partial charge on any atom is -0.339 e. The number of halogens is 4. The maximum absolute atomic E-state index is 12.9. The Balaban J connectivity index is 2.90. The van der Waals surface area contributed by atoms with Crippen LogP contribution in [0.2, 0.25) is 0 Å². The van der Waals surface area contributed by atoms with Crippen LogP contribution >= 0.6 is 15.9 Å². The number of para-hydroxylation sites is 1. The van der Waals surface area contributed by atoms with Gasteiger partial charge in [0.25, 0.3) is 0 Å². The molecule has 0 spiro atoms. The lowest BCUT2D eigenvalue weighted by Crippen LogP contribution is -2.11. The molecule has 1 aromatic carbocycles. The van der Waals surface area contributed by atoms with Crippen molar-refractivity contribution in [2.75, 3.05) is 0 Å². The van der Waals surface area contributed by atoms with Crippen molar-refractivity contribution in [2.24, 2.45) is 7.05 Å². The average molecular weight is 306 g/mol. The normalized spacial score (nSPS) is 12.4. The third-order valence-corrected chi connectivity index (χ3v) is 3.69. The van der Waals surface area contributed by atoms with Crippen molar-refractivity contribution in [1.82, 2.24) is 4.57 Å². The van der Waals surface area contributed by atoms with Crippen LogP contribution in [0.15, 0.2) is 22.7 Å². The largest absolute Gasteiger partial charge is 0.432 e. The molecule has 1 nitrogen and oxygen atoms in total. The van der Waals surface area contributed by atoms with Crippen molar-refractivity contribution in [3.63, 3.8) is 0 Å². The van der Waals surface area contributed by atoms with Gasteiger partial charge in [-0.15, -0.1) is 0 Å². The number of aryl methyl sites for hydroxylation is 2. The van der Waals surface area contributed by atoms with E-state index in [2.05, 4.69) is 15.9 Å². The zero-order valence-corrected chi connectivity index (χ0v) is 11.0. The minimum atomic E-state index is -4.35. The molecule has 0 radical (unpaired) electrons. The zero-order chi connectivity index (χ0) is 12.8. The Morgan fingerprint density at radius 3 is 2.47 bits per heavy atom. The van der Waals surface area contributed by atoms with Crippen LogP contribution in [0.5, 0.6) is 0 Å². The van der Waals surface area contributed by atoms with Gasteiger partial charge in [-0.05, 0) is 27.9 Å². The highest BCUT2D eigenvalue weighted by Crippen LogP contribution is 2.41. The molecule has 2 aromatic rings. The number of benzene rings is 1. The maximum atomic E-state index is 12.9. The number of hydrogen-bond acceptors (Lipinski definition) is 0. The molecule has 0 amide bonds. The molecule has 0 bridgehead atoms. The lowest BCUT2D eigenvalue weighted by atomic mass is 10.1. The molecule has 1 heterocycles. The molecule has 0 unspecified atom stereocenters. The first-order valence-electron chi connectivity index (χ1n) is 5.21. The van der Waals surface area contributed by atoms with Gasteiger partial charge in [0.05, 0.1) is 9.99 Å². The Bertz CT molecular complexity index is 569. The molecule has 0 saturated heterocycles. The van der Waals surface area contributed by atoms with Crippen LogP contribution in [0.25, 0.3) is 10.9 Å². The lowest BCUT2D eigenvalue weighted by molar-refractivity contribution is -0.143. The van der Waals surface area contributed by atoms with E-state index < -0.39 is 11.9 Å². The van der Waals surface area contributed by atoms with E-state index in [4.69, 9.17) is 0 Å². The summed E-state index contributed by atoms with van der Waals surface area (Å²) in [6, 6.07) is 5.34. The number of fused-ring (bicyclic) bond motifs is 1. The molecular weight excluding hydrogens is 295 g/mol. The van der Waals surface area contributed by atoms with Gasteiger partial charge in [-0.3, -0.25) is 0 Å². The summed E-state index contributed by atoms with van der Waals surface area (Å²) in [6.45, 7) is 1.93. The number of rotatable bonds is 1. The van der Waals surface area contributed by atoms with E-state index in [0.717, 1.165) is 5.56 Å². The van der Waals surface area contributed by atoms with Crippen LogP contribution in [0.3, 0.4) is 0 Å². The number of aromatic nitrogens is 1. The van der Waals surface area contributed by atoms with Gasteiger partial charge < -0.3 is 4.57 Å². The van der Waals surface area contributed by atoms with Crippen molar-refractivity contribution in [1.29, 1.82) is 0 Å². The minimum absolute atomic E-state index is 0.123. The van der Waals surface area contributed by atoms with E-state index >= 15 is 0 Å². The van der Waals surface area contributed by atoms with Gasteiger partial charge in [0.15, 0.2) is 0 Å². The third-order valence-electron chi connectivity index (χ3n) is 2.88. The summed E-state index contributed by atoms with van der Waals surface area (Å²) < 4.78 is 40.1. The molecule has 0 aliphatic carbocycles. The van der Waals surface area contributed by atoms with Gasteiger partial charge >= 0.3 is 6.18 Å². The Morgan fingerprint density at radius 2 is 1.94 bits per heavy atom. The monoisotopic (exact) mass is 305 g/mol. The summed E-state index contributed by atoms with van der Waals surface area (Å²) in [4.78, 5) is 0. The summed E-state index contributed by atoms with van der Waals surface area (Å²) in [5, 5.41) is 0.610. The molecule has 0 atom stereocenters. The molecule has 2 rings (SSSR count). The fraction of sp³-hybridized carbons (Fsp3) is 0.333. The SMILES string of the molecule is CCc1cccc2c(Br)c(C(F)(F)F)n(C)c12. The van der Waals surface area contributed by atoms with Crippen LogP contribution in [-0.2, 0) is 19.6 Å². The van der Waals surface area contributed by atoms with E-state index in [1.807, 2.05) is 13.0 Å². The summed E-state index contributed by atoms with van der Waals surface area (Å²) in [7, 11) is 1.45. The molecule has 17 heavy (non-hydrogen) atoms. The molecule has 0 N–H and O–H groups in total. The van der Waals surface area contributed by atoms with Crippen molar-refractivity contribution < 1.29 is 13.2 Å². The van der Waals surface area contributed by atoms with Gasteiger partial charge in [0.1, 0.15) is 5.69 Å². The van der Waals surface area contributed by atoms with Gasteiger partial charge in [0.2, 0.25) is 0 Å². The van der Waals surface area contributed by atoms with Gasteiger partial charge in [-0.25, -0.2) is 0 Å². The fourth-order valence-corrected chi connectivity index (χ4v) is 2.96. The predicted molar refractivity (Wildman–Crippen MR) is 65.0 cm³/mol. The maximum Gasteiger partial charge on any atom is 0.432 e. The molecule has 0 fully saturated rings. The highest BCUT2D eigenvalue weighted by atomic mass is 79.9. The lowest BCUT2D eigenvalue weighted by Gasteiger charge is -2.09. The first-order chi connectivity index (χ1) is 7.88. The third kappa shape index (κ3) is 1.86. The Kier molecular flexibility index (Phi) is 2.97. The fourth-order valence-electron chi connectivity index (χ4n) is 2.15. The number of nitrogens with zero attached hydrogens (tertiary/aromatic N) is 1. The molecule has 0 aliphatic rings. The van der Waals surface area contributed by atoms with E-state index in [1.54, 1.807) is 12.1 Å². The summed E-state index contributed by atoms with van der Waals surface area (Å²) in [5.41, 5.74) is 0.934. The highest BCUT2D eigenvalue weighted by molar-refractivity contribution is 9.10. The van der Waals surface area contributed by atoms with E-state index in [9.17, 15) is 13.2 Å². The topological polar surface area (TPSA) is 4.93 Å². The highest BCUT2D eigenvalue weighted by Gasteiger charge is 2.38. The molecular formula is C12H11BrF3N. The first kappa shape index (κ1) is 12.5. The van der Waals surface area contributed by atoms with Crippen LogP contribution in [0, 0.1) is 0 Å². The second kappa shape index (κ2) is 4.05. The molecule has 1 aromatic heterocycles. The van der Waals surface area contributed by atoms with Crippen molar-refractivity contribution in [2.45, 2.75) is 19.5 Å². The molecule has 5 heteroatoms. The quantitative estimate of drug-likeness (QED) is 0.730. The van der Waals surface area contributed by atoms with E-state index in [1.165, 1.54) is 11.6 Å². The summed E-state index contributed by atoms with van der Waals surface area (Å²) >= 11 is 3.06. The smallest absolute Gasteiger partial charge is 0.339 e. The van der Waals surface area contributed by atoms with Crippen molar-refractivity contribution in [3.8, 4) is 0 Å². The van der Waals surface area contributed by atoms with E-state index in [0.29, 0.717) is 17.3 Å². The average Bonchev–Trinajstić information content (AvgIpc) is 2.51. The standard InChI is InChI=1S/C12H11BrF3N/c1-3-7-5-4-6-8-9(13)11(12(14,15)16)17(2)10(7)8/h4-6H,3H2,1-2H3. The number of hydrogen-bond donors (Lipinski definition) is 0. The zero-order valence-electron chi connectivity index (χ0n) is 9.40. The van der Waals surface area contributed by atoms with E-state index in [-0.39, 0.29) is 4.47 Å². The van der Waals surface area contributed by atoms with Crippen molar-refractivity contribution >= 4 is 26.8 Å². The number of alkyl halides is 3. The van der Waals surface area contributed by atoms with Gasteiger partial charge in [-0.1, -0.05) is 25.1 Å². The molecule has 92 valence electrons. The molecule has 0 saturated carbocycles.